The van der Waals surface area contributed by atoms with E-state index in [9.17, 15) is 16.8 Å². The van der Waals surface area contributed by atoms with Gasteiger partial charge >= 0.3 is 7.12 Å². The highest BCUT2D eigenvalue weighted by atomic mass is 79.9. The highest BCUT2D eigenvalue weighted by molar-refractivity contribution is 9.10. The summed E-state index contributed by atoms with van der Waals surface area (Å²) in [5, 5.41) is 9.30. The molecule has 6 aromatic heterocycles. The van der Waals surface area contributed by atoms with Crippen LogP contribution in [0.2, 0.25) is 0 Å². The number of hydrogen-bond acceptors (Lipinski definition) is 12. The highest BCUT2D eigenvalue weighted by Gasteiger charge is 2.52. The second kappa shape index (κ2) is 15.0. The lowest BCUT2D eigenvalue weighted by atomic mass is 9.79. The molecule has 60 heavy (non-hydrogen) atoms. The van der Waals surface area contributed by atoms with Crippen molar-refractivity contribution >= 4 is 70.6 Å². The molecule has 1 aliphatic rings. The molecule has 18 heteroatoms. The Morgan fingerprint density at radius 3 is 1.43 bits per heavy atom. The van der Waals surface area contributed by atoms with Gasteiger partial charge in [-0.2, -0.15) is 0 Å². The molecule has 0 amide bonds. The number of aromatic nitrogens is 6. The molecule has 0 N–H and O–H groups in total. The summed E-state index contributed by atoms with van der Waals surface area (Å²) in [5.74, 6) is 1.25. The summed E-state index contributed by atoms with van der Waals surface area (Å²) in [6.45, 7) is 15.1. The van der Waals surface area contributed by atoms with Crippen LogP contribution in [0.3, 0.4) is 0 Å². The van der Waals surface area contributed by atoms with E-state index in [-0.39, 0.29) is 15.4 Å². The molecule has 9 rings (SSSR count). The number of benzene rings is 2. The fraction of sp³-hybridized carbons (Fsp3) is 0.238. The number of aryl methyl sites for hydroxylation is 4. The average Bonchev–Trinajstić information content (AvgIpc) is 4.00. The van der Waals surface area contributed by atoms with Crippen molar-refractivity contribution in [1.82, 2.24) is 28.2 Å². The Balaban J connectivity index is 0.000000172. The minimum Gasteiger partial charge on any atom is -0.399 e. The number of fused-ring (bicyclic) bond motifs is 2. The van der Waals surface area contributed by atoms with Crippen LogP contribution in [0.4, 0.5) is 0 Å². The first kappa shape index (κ1) is 41.3. The molecule has 14 nitrogen and oxygen atoms in total. The number of nitrogens with zero attached hydrogens (tertiary/aromatic N) is 6. The minimum atomic E-state index is -3.93. The van der Waals surface area contributed by atoms with E-state index in [0.29, 0.717) is 60.7 Å². The first-order valence-corrected chi connectivity index (χ1v) is 22.5. The van der Waals surface area contributed by atoms with Crippen LogP contribution < -0.4 is 5.46 Å². The standard InChI is InChI=1S/C24H26BN3O5S.C18H14BrN3O3S/c1-15-21(16(2)31-27-15)20-13-12-18-19(25-32-23(3,4)24(5,6)33-25)14-28(22(18)26-20)34(29,30)17-10-8-7-9-11-17;1-11-17(12(2)25-21-11)16-9-8-14-15(19)10-22(18(14)20-16)26(23,24)13-6-4-3-5-7-13/h7-14H,1-6H3;3-10H,1-2H3. The quantitative estimate of drug-likeness (QED) is 0.141. The van der Waals surface area contributed by atoms with Gasteiger partial charge in [0.2, 0.25) is 0 Å². The summed E-state index contributed by atoms with van der Waals surface area (Å²) in [6, 6.07) is 23.9. The Morgan fingerprint density at radius 2 is 1.00 bits per heavy atom. The van der Waals surface area contributed by atoms with Crippen LogP contribution in [-0.2, 0) is 29.4 Å². The van der Waals surface area contributed by atoms with Crippen LogP contribution in [0.25, 0.3) is 44.6 Å². The highest BCUT2D eigenvalue weighted by Crippen LogP contribution is 2.38. The Bertz CT molecular complexity index is 3100. The number of pyridine rings is 2. The Hall–Kier alpha value is -5.40. The Morgan fingerprint density at radius 1 is 0.583 bits per heavy atom. The van der Waals surface area contributed by atoms with Gasteiger partial charge in [-0.05, 0) is 120 Å². The summed E-state index contributed by atoms with van der Waals surface area (Å²) in [7, 11) is -8.44. The van der Waals surface area contributed by atoms with E-state index in [0.717, 1.165) is 11.1 Å². The molecule has 0 spiro atoms. The van der Waals surface area contributed by atoms with E-state index in [1.807, 2.05) is 65.8 Å². The molecule has 8 aromatic rings. The molecule has 308 valence electrons. The molecule has 0 saturated carbocycles. The average molecular weight is 912 g/mol. The van der Waals surface area contributed by atoms with Crippen molar-refractivity contribution in [2.24, 2.45) is 0 Å². The first-order chi connectivity index (χ1) is 28.3. The predicted molar refractivity (Wildman–Crippen MR) is 231 cm³/mol. The Kier molecular flexibility index (Phi) is 10.3. The van der Waals surface area contributed by atoms with Gasteiger partial charge in [-0.25, -0.2) is 34.7 Å². The van der Waals surface area contributed by atoms with Gasteiger partial charge in [0.25, 0.3) is 20.0 Å². The third-order valence-electron chi connectivity index (χ3n) is 10.9. The van der Waals surface area contributed by atoms with Gasteiger partial charge in [0, 0.05) is 33.1 Å². The predicted octanol–water partition coefficient (Wildman–Crippen LogP) is 8.15. The molecule has 0 unspecified atom stereocenters. The van der Waals surface area contributed by atoms with Gasteiger partial charge in [0.15, 0.2) is 11.3 Å². The number of hydrogen-bond donors (Lipinski definition) is 0. The van der Waals surface area contributed by atoms with Crippen molar-refractivity contribution in [3.05, 3.63) is 125 Å². The molecule has 1 saturated heterocycles. The lowest BCUT2D eigenvalue weighted by Gasteiger charge is -2.32. The molecule has 1 aliphatic heterocycles. The number of rotatable bonds is 7. The smallest absolute Gasteiger partial charge is 0.399 e. The fourth-order valence-corrected chi connectivity index (χ4v) is 10.4. The second-order valence-electron chi connectivity index (χ2n) is 15.4. The molecule has 0 radical (unpaired) electrons. The second-order valence-corrected chi connectivity index (χ2v) is 19.9. The maximum absolute atomic E-state index is 13.7. The van der Waals surface area contributed by atoms with Crippen LogP contribution in [0, 0.1) is 27.7 Å². The van der Waals surface area contributed by atoms with E-state index >= 15 is 0 Å². The van der Waals surface area contributed by atoms with Crippen molar-refractivity contribution in [2.45, 2.75) is 76.4 Å². The zero-order chi connectivity index (χ0) is 42.9. The summed E-state index contributed by atoms with van der Waals surface area (Å²) in [6.07, 6.45) is 3.08. The van der Waals surface area contributed by atoms with Crippen LogP contribution >= 0.6 is 15.9 Å². The van der Waals surface area contributed by atoms with Gasteiger partial charge < -0.3 is 18.4 Å². The van der Waals surface area contributed by atoms with E-state index < -0.39 is 38.4 Å². The van der Waals surface area contributed by atoms with Crippen molar-refractivity contribution in [2.75, 3.05) is 0 Å². The van der Waals surface area contributed by atoms with Crippen molar-refractivity contribution in [3.8, 4) is 22.5 Å². The summed E-state index contributed by atoms with van der Waals surface area (Å²) >= 11 is 3.43. The zero-order valence-electron chi connectivity index (χ0n) is 34.0. The van der Waals surface area contributed by atoms with Crippen molar-refractivity contribution < 1.29 is 35.2 Å². The number of halogens is 1. The van der Waals surface area contributed by atoms with Crippen LogP contribution in [0.5, 0.6) is 0 Å². The summed E-state index contributed by atoms with van der Waals surface area (Å²) < 4.78 is 79.5. The molecule has 2 aromatic carbocycles. The molecule has 7 heterocycles. The summed E-state index contributed by atoms with van der Waals surface area (Å²) in [5.41, 5.74) is 4.17. The lowest BCUT2D eigenvalue weighted by molar-refractivity contribution is 0.00578. The molecule has 0 aliphatic carbocycles. The maximum Gasteiger partial charge on any atom is 0.497 e. The first-order valence-electron chi connectivity index (χ1n) is 18.8. The monoisotopic (exact) mass is 910 g/mol. The van der Waals surface area contributed by atoms with Gasteiger partial charge in [0.05, 0.1) is 54.9 Å². The molecular formula is C42H40BBrN6O8S2. The van der Waals surface area contributed by atoms with E-state index in [4.69, 9.17) is 23.3 Å². The molecule has 1 fully saturated rings. The third-order valence-corrected chi connectivity index (χ3v) is 14.9. The molecule has 0 bridgehead atoms. The van der Waals surface area contributed by atoms with Crippen LogP contribution in [-0.4, -0.2) is 63.4 Å². The van der Waals surface area contributed by atoms with Crippen LogP contribution in [0.15, 0.2) is 121 Å². The minimum absolute atomic E-state index is 0.164. The normalized spacial score (nSPS) is 15.1. The van der Waals surface area contributed by atoms with Crippen molar-refractivity contribution in [1.29, 1.82) is 0 Å². The third kappa shape index (κ3) is 6.99. The molecular weight excluding hydrogens is 871 g/mol. The van der Waals surface area contributed by atoms with Crippen molar-refractivity contribution in [3.63, 3.8) is 0 Å². The maximum atomic E-state index is 13.7. The van der Waals surface area contributed by atoms with Gasteiger partial charge in [0.1, 0.15) is 11.5 Å². The Labute approximate surface area is 355 Å². The van der Waals surface area contributed by atoms with Gasteiger partial charge in [-0.15, -0.1) is 0 Å². The largest absolute Gasteiger partial charge is 0.497 e. The van der Waals surface area contributed by atoms with E-state index in [2.05, 4.69) is 31.2 Å². The van der Waals surface area contributed by atoms with E-state index in [1.54, 1.807) is 80.7 Å². The lowest BCUT2D eigenvalue weighted by Crippen LogP contribution is -2.41. The fourth-order valence-electron chi connectivity index (χ4n) is 7.05. The molecule has 0 atom stereocenters. The topological polar surface area (TPSA) is 174 Å². The van der Waals surface area contributed by atoms with Gasteiger partial charge in [-0.3, -0.25) is 0 Å². The summed E-state index contributed by atoms with van der Waals surface area (Å²) in [4.78, 5) is 9.74. The van der Waals surface area contributed by atoms with E-state index in [1.165, 1.54) is 14.1 Å². The zero-order valence-corrected chi connectivity index (χ0v) is 37.2. The van der Waals surface area contributed by atoms with Gasteiger partial charge in [-0.1, -0.05) is 46.7 Å². The van der Waals surface area contributed by atoms with Crippen LogP contribution in [0.1, 0.15) is 50.6 Å². The SMILES string of the molecule is Cc1noc(C)c1-c1ccc2c(B3OC(C)(C)C(C)(C)O3)cn(S(=O)(=O)c3ccccc3)c2n1.Cc1noc(C)c1-c1ccc2c(Br)cn(S(=O)(=O)c3ccccc3)c2n1.